The number of aromatic nitrogens is 1. The predicted molar refractivity (Wildman–Crippen MR) is 65.7 cm³/mol. The highest BCUT2D eigenvalue weighted by Gasteiger charge is 2.30. The van der Waals surface area contributed by atoms with Crippen molar-refractivity contribution in [3.05, 3.63) is 64.1 Å². The van der Waals surface area contributed by atoms with Gasteiger partial charge in [0.15, 0.2) is 0 Å². The number of nitrogens with zero attached hydrogens (tertiary/aromatic N) is 1. The normalized spacial score (nSPS) is 11.5. The topological polar surface area (TPSA) is 48.0 Å². The van der Waals surface area contributed by atoms with Crippen LogP contribution in [0.25, 0.3) is 0 Å². The number of rotatable bonds is 2. The summed E-state index contributed by atoms with van der Waals surface area (Å²) >= 11 is 0. The van der Waals surface area contributed by atoms with Crippen LogP contribution in [0.3, 0.4) is 0 Å². The van der Waals surface area contributed by atoms with E-state index < -0.39 is 17.3 Å². The Morgan fingerprint density at radius 1 is 1.16 bits per heavy atom. The van der Waals surface area contributed by atoms with Crippen LogP contribution < -0.4 is 11.3 Å². The highest BCUT2D eigenvalue weighted by atomic mass is 19.4. The zero-order chi connectivity index (χ0) is 14.0. The fourth-order valence-electron chi connectivity index (χ4n) is 1.71. The molecule has 0 unspecified atom stereocenters. The molecule has 0 aliphatic rings. The van der Waals surface area contributed by atoms with Crippen LogP contribution in [0, 0.1) is 0 Å². The van der Waals surface area contributed by atoms with Crippen LogP contribution in [-0.4, -0.2) is 4.57 Å². The van der Waals surface area contributed by atoms with Gasteiger partial charge in [-0.2, -0.15) is 13.2 Å². The molecule has 6 heteroatoms. The minimum Gasteiger partial charge on any atom is -0.399 e. The Morgan fingerprint density at radius 3 is 2.53 bits per heavy atom. The minimum absolute atomic E-state index is 0.0494. The SMILES string of the molecule is Nc1cccc(Cn2cc(C(F)(F)F)ccc2=O)c1. The number of hydrogen-bond acceptors (Lipinski definition) is 2. The van der Waals surface area contributed by atoms with E-state index in [0.717, 1.165) is 22.9 Å². The fourth-order valence-corrected chi connectivity index (χ4v) is 1.71. The van der Waals surface area contributed by atoms with E-state index >= 15 is 0 Å². The van der Waals surface area contributed by atoms with Crippen molar-refractivity contribution in [3.63, 3.8) is 0 Å². The molecule has 0 aliphatic heterocycles. The van der Waals surface area contributed by atoms with Gasteiger partial charge in [-0.25, -0.2) is 0 Å². The summed E-state index contributed by atoms with van der Waals surface area (Å²) in [7, 11) is 0. The molecule has 0 atom stereocenters. The van der Waals surface area contributed by atoms with E-state index in [2.05, 4.69) is 0 Å². The van der Waals surface area contributed by atoms with E-state index in [0.29, 0.717) is 11.3 Å². The Hall–Kier alpha value is -2.24. The average Bonchev–Trinajstić information content (AvgIpc) is 2.30. The van der Waals surface area contributed by atoms with E-state index in [4.69, 9.17) is 5.73 Å². The van der Waals surface area contributed by atoms with Crippen LogP contribution in [0.15, 0.2) is 47.4 Å². The Balaban J connectivity index is 2.37. The summed E-state index contributed by atoms with van der Waals surface area (Å²) in [6.45, 7) is 0.0494. The van der Waals surface area contributed by atoms with E-state index in [1.165, 1.54) is 0 Å². The lowest BCUT2D eigenvalue weighted by Crippen LogP contribution is -2.21. The summed E-state index contributed by atoms with van der Waals surface area (Å²) in [5.41, 5.74) is 5.41. The van der Waals surface area contributed by atoms with Gasteiger partial charge in [-0.1, -0.05) is 12.1 Å². The van der Waals surface area contributed by atoms with Crippen LogP contribution >= 0.6 is 0 Å². The van der Waals surface area contributed by atoms with E-state index in [1.807, 2.05) is 0 Å². The number of anilines is 1. The first kappa shape index (κ1) is 13.2. The second-order valence-corrected chi connectivity index (χ2v) is 4.13. The van der Waals surface area contributed by atoms with Gasteiger partial charge in [0.05, 0.1) is 12.1 Å². The molecule has 2 aromatic rings. The van der Waals surface area contributed by atoms with Crippen LogP contribution in [-0.2, 0) is 12.7 Å². The van der Waals surface area contributed by atoms with Gasteiger partial charge in [-0.05, 0) is 23.8 Å². The van der Waals surface area contributed by atoms with Crippen molar-refractivity contribution < 1.29 is 13.2 Å². The third-order valence-electron chi connectivity index (χ3n) is 2.61. The van der Waals surface area contributed by atoms with Crippen molar-refractivity contribution in [1.29, 1.82) is 0 Å². The van der Waals surface area contributed by atoms with Crippen LogP contribution in [0.2, 0.25) is 0 Å². The summed E-state index contributed by atoms with van der Waals surface area (Å²) in [5, 5.41) is 0. The minimum atomic E-state index is -4.47. The lowest BCUT2D eigenvalue weighted by atomic mass is 10.2. The predicted octanol–water partition coefficient (Wildman–Crippen LogP) is 2.50. The molecule has 1 aromatic heterocycles. The molecule has 0 saturated carbocycles. The van der Waals surface area contributed by atoms with Gasteiger partial charge >= 0.3 is 6.18 Å². The molecule has 0 bridgehead atoms. The molecule has 0 aliphatic carbocycles. The Kier molecular flexibility index (Phi) is 3.33. The molecule has 1 aromatic carbocycles. The Bertz CT molecular complexity index is 647. The summed E-state index contributed by atoms with van der Waals surface area (Å²) in [4.78, 5) is 11.6. The molecule has 0 amide bonds. The molecule has 2 rings (SSSR count). The third-order valence-corrected chi connectivity index (χ3v) is 2.61. The molecule has 0 radical (unpaired) electrons. The molecule has 0 spiro atoms. The summed E-state index contributed by atoms with van der Waals surface area (Å²) in [6.07, 6.45) is -3.66. The number of benzene rings is 1. The number of alkyl halides is 3. The Morgan fingerprint density at radius 2 is 1.89 bits per heavy atom. The lowest BCUT2D eigenvalue weighted by Gasteiger charge is -2.11. The smallest absolute Gasteiger partial charge is 0.399 e. The zero-order valence-corrected chi connectivity index (χ0v) is 9.82. The second-order valence-electron chi connectivity index (χ2n) is 4.13. The first-order valence-electron chi connectivity index (χ1n) is 5.48. The third kappa shape index (κ3) is 3.15. The lowest BCUT2D eigenvalue weighted by molar-refractivity contribution is -0.138. The highest BCUT2D eigenvalue weighted by molar-refractivity contribution is 5.40. The van der Waals surface area contributed by atoms with Gasteiger partial charge in [0.1, 0.15) is 0 Å². The number of nitrogen functional groups attached to an aromatic ring is 1. The molecule has 0 fully saturated rings. The van der Waals surface area contributed by atoms with Crippen molar-refractivity contribution in [2.75, 3.05) is 5.73 Å². The monoisotopic (exact) mass is 268 g/mol. The molecular weight excluding hydrogens is 257 g/mol. The Labute approximate surface area is 107 Å². The number of hydrogen-bond donors (Lipinski definition) is 1. The zero-order valence-electron chi connectivity index (χ0n) is 9.82. The summed E-state index contributed by atoms with van der Waals surface area (Å²) in [5.74, 6) is 0. The van der Waals surface area contributed by atoms with Crippen molar-refractivity contribution in [1.82, 2.24) is 4.57 Å². The maximum Gasteiger partial charge on any atom is 0.417 e. The van der Waals surface area contributed by atoms with E-state index in [-0.39, 0.29) is 6.54 Å². The number of nitrogens with two attached hydrogens (primary N) is 1. The average molecular weight is 268 g/mol. The van der Waals surface area contributed by atoms with Crippen LogP contribution in [0.5, 0.6) is 0 Å². The van der Waals surface area contributed by atoms with Gasteiger partial charge in [0, 0.05) is 18.0 Å². The van der Waals surface area contributed by atoms with Crippen LogP contribution in [0.4, 0.5) is 18.9 Å². The molecule has 100 valence electrons. The number of pyridine rings is 1. The van der Waals surface area contributed by atoms with Gasteiger partial charge in [-0.3, -0.25) is 4.79 Å². The van der Waals surface area contributed by atoms with Crippen LogP contribution in [0.1, 0.15) is 11.1 Å². The maximum atomic E-state index is 12.6. The quantitative estimate of drug-likeness (QED) is 0.851. The summed E-state index contributed by atoms with van der Waals surface area (Å²) < 4.78 is 38.7. The van der Waals surface area contributed by atoms with Crippen molar-refractivity contribution in [2.24, 2.45) is 0 Å². The molecule has 0 saturated heterocycles. The molecule has 19 heavy (non-hydrogen) atoms. The van der Waals surface area contributed by atoms with Gasteiger partial charge < -0.3 is 10.3 Å². The largest absolute Gasteiger partial charge is 0.417 e. The van der Waals surface area contributed by atoms with Crippen molar-refractivity contribution >= 4 is 5.69 Å². The first-order chi connectivity index (χ1) is 8.86. The van der Waals surface area contributed by atoms with Crippen molar-refractivity contribution in [2.45, 2.75) is 12.7 Å². The fraction of sp³-hybridized carbons (Fsp3) is 0.154. The first-order valence-corrected chi connectivity index (χ1v) is 5.48. The number of halogens is 3. The molecule has 1 heterocycles. The molecular formula is C13H11F3N2O. The molecule has 3 nitrogen and oxygen atoms in total. The second kappa shape index (κ2) is 4.79. The van der Waals surface area contributed by atoms with E-state index in [9.17, 15) is 18.0 Å². The van der Waals surface area contributed by atoms with Gasteiger partial charge in [-0.15, -0.1) is 0 Å². The van der Waals surface area contributed by atoms with E-state index in [1.54, 1.807) is 24.3 Å². The van der Waals surface area contributed by atoms with Crippen molar-refractivity contribution in [3.8, 4) is 0 Å². The standard InChI is InChI=1S/C13H11F3N2O/c14-13(15,16)10-4-5-12(19)18(8-10)7-9-2-1-3-11(17)6-9/h1-6,8H,7,17H2. The van der Waals surface area contributed by atoms with Gasteiger partial charge in [0.2, 0.25) is 0 Å². The highest BCUT2D eigenvalue weighted by Crippen LogP contribution is 2.28. The maximum absolute atomic E-state index is 12.6. The van der Waals surface area contributed by atoms with Gasteiger partial charge in [0.25, 0.3) is 5.56 Å². The molecule has 2 N–H and O–H groups in total. The summed E-state index contributed by atoms with van der Waals surface area (Å²) in [6, 6.07) is 8.35.